The van der Waals surface area contributed by atoms with E-state index >= 15 is 0 Å². The molecular formula is C23H18N2O4. The van der Waals surface area contributed by atoms with E-state index in [0.29, 0.717) is 16.7 Å². The summed E-state index contributed by atoms with van der Waals surface area (Å²) in [6.07, 6.45) is 0. The number of nitrogens with one attached hydrogen (secondary N) is 1. The van der Waals surface area contributed by atoms with Gasteiger partial charge in [0.05, 0.1) is 18.5 Å². The Labute approximate surface area is 166 Å². The molecule has 6 heteroatoms. The van der Waals surface area contributed by atoms with E-state index < -0.39 is 11.5 Å². The predicted octanol–water partition coefficient (Wildman–Crippen LogP) is 4.28. The molecule has 1 amide bonds. The van der Waals surface area contributed by atoms with Crippen molar-refractivity contribution in [2.24, 2.45) is 0 Å². The summed E-state index contributed by atoms with van der Waals surface area (Å²) < 4.78 is 10.5. The molecule has 6 nitrogen and oxygen atoms in total. The van der Waals surface area contributed by atoms with Crippen molar-refractivity contribution in [2.45, 2.75) is 0 Å². The van der Waals surface area contributed by atoms with Crippen LogP contribution in [-0.4, -0.2) is 13.0 Å². The molecule has 0 fully saturated rings. The van der Waals surface area contributed by atoms with E-state index in [1.165, 1.54) is 13.2 Å². The summed E-state index contributed by atoms with van der Waals surface area (Å²) in [5.41, 5.74) is 3.86. The molecule has 144 valence electrons. The predicted molar refractivity (Wildman–Crippen MR) is 112 cm³/mol. The van der Waals surface area contributed by atoms with Gasteiger partial charge in [-0.2, -0.15) is 0 Å². The average molecular weight is 386 g/mol. The van der Waals surface area contributed by atoms with Crippen LogP contribution in [0.4, 0.5) is 11.4 Å². The van der Waals surface area contributed by atoms with Crippen LogP contribution in [0, 0.1) is 0 Å². The Morgan fingerprint density at radius 3 is 2.10 bits per heavy atom. The second kappa shape index (κ2) is 7.90. The SMILES string of the molecule is COc1ccc2cc(C(=O)NN(c3ccccc3)c3ccccc3)c(=O)oc2c1. The number of carbonyl (C=O) groups is 1. The minimum absolute atomic E-state index is 0.0838. The standard InChI is InChI=1S/C23H18N2O4/c1-28-19-13-12-16-14-20(23(27)29-21(16)15-19)22(26)24-25(17-8-4-2-5-9-17)18-10-6-3-7-11-18/h2-15H,1H3,(H,24,26). The topological polar surface area (TPSA) is 71.8 Å². The largest absolute Gasteiger partial charge is 0.497 e. The van der Waals surface area contributed by atoms with Crippen LogP contribution in [0.2, 0.25) is 0 Å². The zero-order valence-electron chi connectivity index (χ0n) is 15.7. The van der Waals surface area contributed by atoms with Crippen LogP contribution in [0.1, 0.15) is 10.4 Å². The first-order valence-electron chi connectivity index (χ1n) is 8.99. The summed E-state index contributed by atoms with van der Waals surface area (Å²) in [6, 6.07) is 25.3. The molecule has 0 unspecified atom stereocenters. The molecule has 4 rings (SSSR count). The Hall–Kier alpha value is -4.06. The van der Waals surface area contributed by atoms with Crippen molar-refractivity contribution < 1.29 is 13.9 Å². The minimum atomic E-state index is -0.718. The molecule has 1 N–H and O–H groups in total. The van der Waals surface area contributed by atoms with E-state index in [1.807, 2.05) is 60.7 Å². The molecule has 0 aliphatic carbocycles. The Balaban J connectivity index is 1.71. The van der Waals surface area contributed by atoms with Crippen LogP contribution in [0.15, 0.2) is 94.1 Å². The fraction of sp³-hybridized carbons (Fsp3) is 0.0435. The van der Waals surface area contributed by atoms with Gasteiger partial charge in [-0.15, -0.1) is 0 Å². The smallest absolute Gasteiger partial charge is 0.349 e. The number of hydrogen-bond donors (Lipinski definition) is 1. The first-order valence-corrected chi connectivity index (χ1v) is 8.99. The third-order valence-electron chi connectivity index (χ3n) is 4.43. The molecule has 1 aromatic heterocycles. The summed E-state index contributed by atoms with van der Waals surface area (Å²) in [4.78, 5) is 25.4. The van der Waals surface area contributed by atoms with Crippen molar-refractivity contribution in [3.05, 3.63) is 101 Å². The van der Waals surface area contributed by atoms with E-state index in [9.17, 15) is 9.59 Å². The highest BCUT2D eigenvalue weighted by Crippen LogP contribution is 2.23. The molecular weight excluding hydrogens is 368 g/mol. The molecule has 0 aliphatic rings. The van der Waals surface area contributed by atoms with Gasteiger partial charge in [0.15, 0.2) is 0 Å². The number of rotatable bonds is 5. The third kappa shape index (κ3) is 3.82. The number of ether oxygens (including phenoxy) is 1. The maximum absolute atomic E-state index is 13.0. The van der Waals surface area contributed by atoms with Gasteiger partial charge in [-0.05, 0) is 42.5 Å². The number of carbonyl (C=O) groups excluding carboxylic acids is 1. The molecule has 4 aromatic rings. The monoisotopic (exact) mass is 386 g/mol. The lowest BCUT2D eigenvalue weighted by Gasteiger charge is -2.25. The van der Waals surface area contributed by atoms with Crippen molar-refractivity contribution in [1.82, 2.24) is 5.43 Å². The molecule has 29 heavy (non-hydrogen) atoms. The summed E-state index contributed by atoms with van der Waals surface area (Å²) >= 11 is 0. The van der Waals surface area contributed by atoms with Crippen LogP contribution in [0.25, 0.3) is 11.0 Å². The van der Waals surface area contributed by atoms with Crippen LogP contribution < -0.4 is 20.8 Å². The molecule has 0 bridgehead atoms. The number of benzene rings is 3. The number of hydrogen-bond acceptors (Lipinski definition) is 5. The maximum atomic E-state index is 13.0. The highest BCUT2D eigenvalue weighted by Gasteiger charge is 2.18. The van der Waals surface area contributed by atoms with Gasteiger partial charge in [0, 0.05) is 11.5 Å². The second-order valence-electron chi connectivity index (χ2n) is 6.30. The summed E-state index contributed by atoms with van der Waals surface area (Å²) in [5, 5.41) is 2.25. The first kappa shape index (κ1) is 18.3. The van der Waals surface area contributed by atoms with E-state index in [2.05, 4.69) is 5.43 Å². The lowest BCUT2D eigenvalue weighted by molar-refractivity contribution is 0.0950. The van der Waals surface area contributed by atoms with Gasteiger partial charge in [-0.25, -0.2) is 4.79 Å². The lowest BCUT2D eigenvalue weighted by atomic mass is 10.1. The van der Waals surface area contributed by atoms with E-state index in [4.69, 9.17) is 9.15 Å². The van der Waals surface area contributed by atoms with Gasteiger partial charge in [0.2, 0.25) is 0 Å². The normalized spacial score (nSPS) is 10.5. The maximum Gasteiger partial charge on any atom is 0.349 e. The van der Waals surface area contributed by atoms with Crippen molar-refractivity contribution in [2.75, 3.05) is 12.1 Å². The van der Waals surface area contributed by atoms with E-state index in [1.54, 1.807) is 23.2 Å². The quantitative estimate of drug-likeness (QED) is 0.409. The number of fused-ring (bicyclic) bond motifs is 1. The molecule has 0 aliphatic heterocycles. The highest BCUT2D eigenvalue weighted by atomic mass is 16.5. The van der Waals surface area contributed by atoms with Gasteiger partial charge < -0.3 is 9.15 Å². The molecule has 3 aromatic carbocycles. The number of nitrogens with zero attached hydrogens (tertiary/aromatic N) is 1. The van der Waals surface area contributed by atoms with Crippen LogP contribution >= 0.6 is 0 Å². The van der Waals surface area contributed by atoms with Gasteiger partial charge >= 0.3 is 5.63 Å². The van der Waals surface area contributed by atoms with Gasteiger partial charge in [-0.1, -0.05) is 36.4 Å². The average Bonchev–Trinajstić information content (AvgIpc) is 2.77. The number of para-hydroxylation sites is 2. The van der Waals surface area contributed by atoms with Gasteiger partial charge in [-0.3, -0.25) is 15.2 Å². The third-order valence-corrected chi connectivity index (χ3v) is 4.43. The molecule has 0 saturated heterocycles. The number of methoxy groups -OCH3 is 1. The van der Waals surface area contributed by atoms with Crippen LogP contribution in [-0.2, 0) is 0 Å². The van der Waals surface area contributed by atoms with E-state index in [0.717, 1.165) is 11.4 Å². The van der Waals surface area contributed by atoms with Gasteiger partial charge in [0.25, 0.3) is 5.91 Å². The van der Waals surface area contributed by atoms with Crippen molar-refractivity contribution in [3.8, 4) is 5.75 Å². The lowest BCUT2D eigenvalue weighted by Crippen LogP contribution is -2.40. The van der Waals surface area contributed by atoms with Crippen molar-refractivity contribution in [3.63, 3.8) is 0 Å². The Bertz CT molecular complexity index is 1160. The number of anilines is 2. The molecule has 0 radical (unpaired) electrons. The van der Waals surface area contributed by atoms with Gasteiger partial charge in [0.1, 0.15) is 16.9 Å². The molecule has 0 spiro atoms. The Morgan fingerprint density at radius 2 is 1.52 bits per heavy atom. The fourth-order valence-electron chi connectivity index (χ4n) is 2.97. The molecule has 1 heterocycles. The summed E-state index contributed by atoms with van der Waals surface area (Å²) in [6.45, 7) is 0. The highest BCUT2D eigenvalue weighted by molar-refractivity contribution is 5.98. The molecule has 0 saturated carbocycles. The number of hydrazine groups is 1. The van der Waals surface area contributed by atoms with Crippen molar-refractivity contribution in [1.29, 1.82) is 0 Å². The summed E-state index contributed by atoms with van der Waals surface area (Å²) in [5.74, 6) is 0.00126. The summed E-state index contributed by atoms with van der Waals surface area (Å²) in [7, 11) is 1.53. The van der Waals surface area contributed by atoms with Crippen LogP contribution in [0.3, 0.4) is 0 Å². The second-order valence-corrected chi connectivity index (χ2v) is 6.30. The Kier molecular flexibility index (Phi) is 4.99. The zero-order valence-corrected chi connectivity index (χ0v) is 15.7. The first-order chi connectivity index (χ1) is 14.2. The minimum Gasteiger partial charge on any atom is -0.497 e. The Morgan fingerprint density at radius 1 is 0.897 bits per heavy atom. The number of amides is 1. The van der Waals surface area contributed by atoms with E-state index in [-0.39, 0.29) is 5.56 Å². The van der Waals surface area contributed by atoms with Crippen LogP contribution in [0.5, 0.6) is 5.75 Å². The zero-order chi connectivity index (χ0) is 20.2. The fourth-order valence-corrected chi connectivity index (χ4v) is 2.97. The van der Waals surface area contributed by atoms with Crippen molar-refractivity contribution >= 4 is 28.3 Å². The molecule has 0 atom stereocenters.